The molecule has 4 aromatic carbocycles. The predicted octanol–water partition coefficient (Wildman–Crippen LogP) is -0.0314. The summed E-state index contributed by atoms with van der Waals surface area (Å²) in [5.41, 5.74) is 14.4. The minimum atomic E-state index is -3.70. The second-order valence-corrected chi connectivity index (χ2v) is 35.1. The molecule has 0 bridgehead atoms. The molecule has 2 radical (unpaired) electrons. The monoisotopic (exact) mass is 2390 g/mol. The van der Waals surface area contributed by atoms with Crippen LogP contribution < -0.4 is 216 Å². The molecular formula is C76H119BBrCl3Cs2KN8O24S4U-. The molecule has 0 saturated heterocycles. The summed E-state index contributed by atoms with van der Waals surface area (Å²) in [5.74, 6) is -0.505. The van der Waals surface area contributed by atoms with Gasteiger partial charge in [0.25, 0.3) is 26.7 Å². The van der Waals surface area contributed by atoms with Gasteiger partial charge < -0.3 is 71.6 Å². The quantitative estimate of drug-likeness (QED) is 0.00401. The molecule has 0 fully saturated rings. The average Bonchev–Trinajstić information content (AvgIpc) is 1.66. The van der Waals surface area contributed by atoms with Gasteiger partial charge >= 0.3 is 201 Å². The SMILES string of the molecule is BrCc1ccccc1.CC(=O)C(C)(CO)CO.CC(=O)C(C)(COS(C)(=O)=O)COS(C)(=O)=O.CC(=O)Cc1cc(C(C)(C)C)nn1-c1ccc(C)cc1.CC(C)(C)C(=O)CC#N.CC(CO)(CO)C(=O)O.CN.CS(=O)(=O)Cl.C[C-]=O.Cc1ccc(-n2nc(C(C)(C)C)cc2N)cc1.NCl.O=C(Cl)Oc1ccccc1.O=CO[O-].[2H][B].[Cs+].[Cs+].[H-].[K+].[SH-].[U]. The van der Waals surface area contributed by atoms with E-state index >= 15 is 0 Å². The molecule has 0 aliphatic carbocycles. The van der Waals surface area contributed by atoms with Gasteiger partial charge in [0.1, 0.15) is 34.3 Å². The van der Waals surface area contributed by atoms with Gasteiger partial charge in [0.15, 0.2) is 5.78 Å². The minimum absolute atomic E-state index is 0. The molecule has 32 nitrogen and oxygen atoms in total. The van der Waals surface area contributed by atoms with E-state index in [2.05, 4.69) is 173 Å². The third-order valence-corrected chi connectivity index (χ3v) is 15.7. The number of carboxylic acids is 1. The van der Waals surface area contributed by atoms with Crippen LogP contribution in [0.15, 0.2) is 121 Å². The number of para-hydroxylation sites is 1. The van der Waals surface area contributed by atoms with Crippen LogP contribution in [0.3, 0.4) is 0 Å². The predicted molar refractivity (Wildman–Crippen MR) is 465 cm³/mol. The molecule has 11 N–H and O–H groups in total. The number of aryl methyl sites for hydroxylation is 2. The number of aliphatic hydroxyl groups excluding tert-OH is 4. The van der Waals surface area contributed by atoms with E-state index in [9.17, 15) is 54.0 Å². The second kappa shape index (κ2) is 79.2. The fraction of sp³-hybridized carbons (Fsp3) is 0.487. The Morgan fingerprint density at radius 1 is 0.661 bits per heavy atom. The number of carboxylic acid groups (broad SMARTS) is 1. The summed E-state index contributed by atoms with van der Waals surface area (Å²) in [6.45, 7) is 29.2. The number of aliphatic hydroxyl groups is 4. The number of nitrogen functional groups attached to an aromatic ring is 1. The number of thiol groups is 1. The Bertz CT molecular complexity index is 4150. The Morgan fingerprint density at radius 3 is 1.19 bits per heavy atom. The van der Waals surface area contributed by atoms with Crippen LogP contribution in [0.4, 0.5) is 10.6 Å². The van der Waals surface area contributed by atoms with E-state index in [1.165, 1.54) is 71.6 Å². The number of hydrogen-bond acceptors (Lipinski definition) is 30. The molecule has 0 unspecified atom stereocenters. The Labute approximate surface area is 934 Å². The van der Waals surface area contributed by atoms with Crippen LogP contribution in [-0.4, -0.2) is 193 Å². The summed E-state index contributed by atoms with van der Waals surface area (Å²) >= 11 is 12.4. The van der Waals surface area contributed by atoms with Crippen molar-refractivity contribution in [2.24, 2.45) is 32.6 Å². The molecule has 6 rings (SSSR count). The van der Waals surface area contributed by atoms with Gasteiger partial charge in [-0.2, -0.15) is 39.2 Å². The van der Waals surface area contributed by atoms with Crippen LogP contribution in [0.2, 0.25) is 0 Å². The summed E-state index contributed by atoms with van der Waals surface area (Å²) < 4.78 is 84.5. The van der Waals surface area contributed by atoms with E-state index < -0.39 is 89.1 Å². The number of Topliss-reactive ketones (excluding diaryl/α,β-unsaturated/α-hetero) is 4. The standard InChI is InChI=1S/C17H22N2O.C14H19N3.C8H16O7S2.C7H7Br.C7H5ClO2.C7H11NO.C6H12O3.C5H10O4.C2H3O.CH3ClO2S.CH5N.CH2O3.BH.ClH2N.2Cs.K.H2S.U.H/c1-12-6-8-14(9-7-12)19-15(10-13(2)20)11-16(18-19)17(3,4)5;1-10-5-7-11(8-6-10)17-13(15)9-12(16-17)14(2,3)4;1-7(9)8(2,5-14-16(3,10)11)6-15-17(4,12)13;8-6-7-4-2-1-3-5-7;8-7(9)10-6-4-2-1-3-5-6;1-7(2,3)6(9)4-5-8;1-5(9)6(2,3-7)4-8;1-5(2-6,3-7)4(8)9;1-2-3;1-5(2,3)4;1-2;2-1-4-3;;1-2;;;;;;/h6-9,11H,10H2,1-5H3;5-9H,15H2,1-4H3;5-6H2,1-4H3;1-5H,6H2;1-5H;4H2,1-3H3;7-8H,3-4H2,1-2H3;6-7H,2-3H2,1H3,(H,8,9);1H3;1H3;2H2,1H3;1,3H;1H;2H2;;;;1H2;;/q;;;;;;;;-1;;;;;;3*+1;;;-1/p-2/i;;;;;;;;;;;;1D;;;;;;;. The van der Waals surface area contributed by atoms with E-state index in [0.717, 1.165) is 52.6 Å². The topological polar surface area (TPSA) is 538 Å². The molecule has 121 heavy (non-hydrogen) atoms. The van der Waals surface area contributed by atoms with Crippen molar-refractivity contribution in [3.8, 4) is 23.2 Å². The van der Waals surface area contributed by atoms with Crippen molar-refractivity contribution >= 4 is 154 Å². The number of benzene rings is 4. The molecule has 6 aromatic rings. The van der Waals surface area contributed by atoms with E-state index in [0.29, 0.717) is 18.0 Å². The summed E-state index contributed by atoms with van der Waals surface area (Å²) in [6.07, 6.45) is 4.55. The Balaban J connectivity index is -0.0000000903. The van der Waals surface area contributed by atoms with Crippen LogP contribution >= 0.6 is 50.0 Å². The fourth-order valence-corrected chi connectivity index (χ4v) is 7.81. The zero-order chi connectivity index (χ0) is 93.8. The maximum atomic E-state index is 11.5. The maximum absolute atomic E-state index is 11.5. The van der Waals surface area contributed by atoms with Crippen molar-refractivity contribution in [2.75, 3.05) is 71.2 Å². The third-order valence-electron chi connectivity index (χ3n) is 13.9. The average molecular weight is 2400 g/mol. The molecular weight excluding hydrogens is 2280 g/mol. The number of ether oxygens (including phenoxy) is 1. The van der Waals surface area contributed by atoms with Crippen LogP contribution in [0.5, 0.6) is 5.75 Å². The van der Waals surface area contributed by atoms with Gasteiger partial charge in [0, 0.05) is 95.8 Å². The zero-order valence-electron chi connectivity index (χ0n) is 75.7. The number of nitrogens with zero attached hydrogens (tertiary/aromatic N) is 5. The van der Waals surface area contributed by atoms with Crippen molar-refractivity contribution in [3.63, 3.8) is 0 Å². The largest absolute Gasteiger partial charge is 1.00 e. The number of carbonyl (C=O) groups excluding carboxylic acids is 7. The fourth-order valence-electron chi connectivity index (χ4n) is 6.39. The first kappa shape index (κ1) is 146. The number of rotatable bonds is 21. The Hall–Kier alpha value is -0.603. The van der Waals surface area contributed by atoms with E-state index in [4.69, 9.17) is 69.4 Å². The number of hydrogen-bond donors (Lipinski definition) is 8. The number of aromatic nitrogens is 4. The number of aliphatic carboxylic acids is 1. The van der Waals surface area contributed by atoms with Crippen LogP contribution in [-0.2, 0) is 112 Å². The number of halogens is 4. The van der Waals surface area contributed by atoms with E-state index in [-0.39, 0.29) is 295 Å². The molecule has 0 aliphatic heterocycles. The first-order chi connectivity index (χ1) is 53.7. The van der Waals surface area contributed by atoms with Gasteiger partial charge in [-0.15, -0.1) is 0 Å². The van der Waals surface area contributed by atoms with Crippen molar-refractivity contribution in [1.82, 2.24) is 19.6 Å². The van der Waals surface area contributed by atoms with Gasteiger partial charge in [-0.1, -0.05) is 162 Å². The van der Waals surface area contributed by atoms with E-state index in [1.807, 2.05) is 92.2 Å². The number of ketones is 4. The molecule has 2 heterocycles. The summed E-state index contributed by atoms with van der Waals surface area (Å²) in [5, 5.41) is 73.0. The maximum Gasteiger partial charge on any atom is 1.00 e. The van der Waals surface area contributed by atoms with Gasteiger partial charge in [-0.3, -0.25) is 43.4 Å². The van der Waals surface area contributed by atoms with Crippen molar-refractivity contribution in [1.29, 1.82) is 6.60 Å². The number of anilines is 1. The normalized spacial score (nSPS) is 10.2. The Kier molecular flexibility index (Phi) is 95.6. The van der Waals surface area contributed by atoms with Crippen LogP contribution in [0.25, 0.3) is 11.4 Å². The summed E-state index contributed by atoms with van der Waals surface area (Å²) in [7, 11) is -0.846. The second-order valence-electron chi connectivity index (χ2n) is 27.9. The van der Waals surface area contributed by atoms with Gasteiger partial charge in [-0.05, 0) is 124 Å². The third kappa shape index (κ3) is 80.0. The molecule has 670 valence electrons. The smallest absolute Gasteiger partial charge is 1.00 e. The number of alkyl halides is 1. The van der Waals surface area contributed by atoms with Crippen LogP contribution in [0.1, 0.15) is 152 Å². The molecule has 2 aromatic heterocycles. The minimum Gasteiger partial charge on any atom is -1.00 e. The first-order valence-corrected chi connectivity index (χ1v) is 42.1. The van der Waals surface area contributed by atoms with Crippen molar-refractivity contribution < 1.29 is 334 Å². The molecule has 0 amide bonds. The van der Waals surface area contributed by atoms with Gasteiger partial charge in [0.05, 0.1) is 110 Å². The Morgan fingerprint density at radius 2 is 0.975 bits per heavy atom. The molecule has 0 aliphatic rings. The van der Waals surface area contributed by atoms with Crippen LogP contribution in [0, 0.1) is 78.0 Å². The number of nitrogens with two attached hydrogens (primary N) is 3. The van der Waals surface area contributed by atoms with Crippen molar-refractivity contribution in [3.05, 3.63) is 155 Å². The van der Waals surface area contributed by atoms with Crippen molar-refractivity contribution in [2.45, 2.75) is 154 Å². The molecule has 0 spiro atoms. The number of carbonyl (C=O) groups is 7. The molecule has 0 atom stereocenters. The summed E-state index contributed by atoms with van der Waals surface area (Å²) in [6, 6.07) is 41.1. The zero-order valence-corrected chi connectivity index (χ0v) is 101. The molecule has 45 heteroatoms. The van der Waals surface area contributed by atoms with Gasteiger partial charge in [0.2, 0.25) is 9.05 Å². The van der Waals surface area contributed by atoms with Gasteiger partial charge in [-0.25, -0.2) is 27.8 Å². The first-order valence-electron chi connectivity index (χ1n) is 34.3. The number of nitriles is 1. The van der Waals surface area contributed by atoms with E-state index in [1.54, 1.807) is 35.9 Å². The summed E-state index contributed by atoms with van der Waals surface area (Å²) in [4.78, 5) is 84.5. The molecule has 0 saturated carbocycles.